The quantitative estimate of drug-likeness (QED) is 0.126. The molecule has 0 atom stereocenters. The largest absolute Gasteiger partial charge is 0.311 e. The van der Waals surface area contributed by atoms with Crippen molar-refractivity contribution < 1.29 is 0 Å². The number of fused-ring (bicyclic) bond motifs is 3. The zero-order chi connectivity index (χ0) is 45.2. The van der Waals surface area contributed by atoms with E-state index in [1.807, 2.05) is 0 Å². The molecule has 12 rings (SSSR count). The highest BCUT2D eigenvalue weighted by Crippen LogP contribution is 2.45. The summed E-state index contributed by atoms with van der Waals surface area (Å²) in [5.74, 6) is 0. The lowest BCUT2D eigenvalue weighted by atomic mass is 9.86. The Morgan fingerprint density at radius 3 is 0.926 bits per heavy atom. The van der Waals surface area contributed by atoms with Gasteiger partial charge in [-0.05, 0) is 150 Å². The van der Waals surface area contributed by atoms with E-state index >= 15 is 0 Å². The highest BCUT2D eigenvalue weighted by atomic mass is 15.2. The minimum absolute atomic E-state index is 1.08. The molecule has 0 aromatic heterocycles. The third kappa shape index (κ3) is 7.54. The van der Waals surface area contributed by atoms with Gasteiger partial charge in [0.25, 0.3) is 0 Å². The lowest BCUT2D eigenvalue weighted by Gasteiger charge is -2.28. The lowest BCUT2D eigenvalue weighted by molar-refractivity contribution is 1.26. The molecule has 0 unspecified atom stereocenters. The molecule has 0 aliphatic heterocycles. The van der Waals surface area contributed by atoms with Gasteiger partial charge in [-0.2, -0.15) is 0 Å². The predicted octanol–water partition coefficient (Wildman–Crippen LogP) is 18.8. The van der Waals surface area contributed by atoms with Crippen molar-refractivity contribution in [2.45, 2.75) is 0 Å². The van der Waals surface area contributed by atoms with Crippen LogP contribution in [0.15, 0.2) is 279 Å². The molecule has 0 aliphatic rings. The Morgan fingerprint density at radius 2 is 0.471 bits per heavy atom. The van der Waals surface area contributed by atoms with E-state index in [1.165, 1.54) is 76.8 Å². The summed E-state index contributed by atoms with van der Waals surface area (Å²) in [7, 11) is 0. The Morgan fingerprint density at radius 1 is 0.176 bits per heavy atom. The van der Waals surface area contributed by atoms with Crippen LogP contribution in [0, 0.1) is 0 Å². The van der Waals surface area contributed by atoms with Crippen LogP contribution < -0.4 is 9.80 Å². The van der Waals surface area contributed by atoms with E-state index in [0.29, 0.717) is 0 Å². The fraction of sp³-hybridized carbons (Fsp3) is 0. The van der Waals surface area contributed by atoms with Crippen molar-refractivity contribution in [3.63, 3.8) is 0 Å². The minimum Gasteiger partial charge on any atom is -0.311 e. The third-order valence-electron chi connectivity index (χ3n) is 13.2. The highest BCUT2D eigenvalue weighted by molar-refractivity contribution is 6.21. The first-order valence-electron chi connectivity index (χ1n) is 23.3. The molecular formula is C66H46N2. The van der Waals surface area contributed by atoms with Gasteiger partial charge in [0.1, 0.15) is 0 Å². The van der Waals surface area contributed by atoms with Gasteiger partial charge in [-0.3, -0.25) is 0 Å². The van der Waals surface area contributed by atoms with E-state index in [-0.39, 0.29) is 0 Å². The summed E-state index contributed by atoms with van der Waals surface area (Å²) in [6.45, 7) is 0. The Kier molecular flexibility index (Phi) is 10.6. The summed E-state index contributed by atoms with van der Waals surface area (Å²) in [5.41, 5.74) is 16.3. The summed E-state index contributed by atoms with van der Waals surface area (Å²) in [6.07, 6.45) is 0. The maximum Gasteiger partial charge on any atom is 0.0463 e. The topological polar surface area (TPSA) is 6.48 Å². The van der Waals surface area contributed by atoms with Crippen LogP contribution in [0.25, 0.3) is 76.8 Å². The first-order chi connectivity index (χ1) is 33.7. The molecule has 0 saturated heterocycles. The number of para-hydroxylation sites is 2. The van der Waals surface area contributed by atoms with Crippen LogP contribution in [0.3, 0.4) is 0 Å². The van der Waals surface area contributed by atoms with Crippen molar-refractivity contribution in [2.24, 2.45) is 0 Å². The first-order valence-corrected chi connectivity index (χ1v) is 23.3. The fourth-order valence-electron chi connectivity index (χ4n) is 10.1. The van der Waals surface area contributed by atoms with E-state index in [1.54, 1.807) is 0 Å². The third-order valence-corrected chi connectivity index (χ3v) is 13.2. The van der Waals surface area contributed by atoms with Gasteiger partial charge in [0.2, 0.25) is 0 Å². The molecule has 0 bridgehead atoms. The first kappa shape index (κ1) is 40.5. The lowest BCUT2D eigenvalue weighted by Crippen LogP contribution is -2.12. The molecule has 0 N–H and O–H groups in total. The molecule has 0 radical (unpaired) electrons. The van der Waals surface area contributed by atoms with Gasteiger partial charge in [0, 0.05) is 34.1 Å². The molecule has 2 heteroatoms. The summed E-state index contributed by atoms with van der Waals surface area (Å²) < 4.78 is 0. The van der Waals surface area contributed by atoms with E-state index in [2.05, 4.69) is 289 Å². The van der Waals surface area contributed by atoms with E-state index in [4.69, 9.17) is 0 Å². The Bertz CT molecular complexity index is 3620. The summed E-state index contributed by atoms with van der Waals surface area (Å²) in [4.78, 5) is 4.67. The Labute approximate surface area is 397 Å². The second-order valence-electron chi connectivity index (χ2n) is 17.3. The predicted molar refractivity (Wildman–Crippen MR) is 290 cm³/mol. The van der Waals surface area contributed by atoms with E-state index in [9.17, 15) is 0 Å². The normalized spacial score (nSPS) is 11.2. The zero-order valence-corrected chi connectivity index (χ0v) is 37.5. The van der Waals surface area contributed by atoms with Crippen molar-refractivity contribution in [3.8, 4) is 44.5 Å². The van der Waals surface area contributed by atoms with Crippen molar-refractivity contribution in [2.75, 3.05) is 9.80 Å². The van der Waals surface area contributed by atoms with Crippen molar-refractivity contribution in [1.29, 1.82) is 0 Å². The average Bonchev–Trinajstić information content (AvgIpc) is 3.42. The average molecular weight is 867 g/mol. The van der Waals surface area contributed by atoms with Crippen LogP contribution in [0.5, 0.6) is 0 Å². The van der Waals surface area contributed by atoms with Gasteiger partial charge < -0.3 is 9.80 Å². The molecule has 0 fully saturated rings. The monoisotopic (exact) mass is 866 g/mol. The number of nitrogens with zero attached hydrogens (tertiary/aromatic N) is 2. The van der Waals surface area contributed by atoms with Gasteiger partial charge in [0.05, 0.1) is 0 Å². The van der Waals surface area contributed by atoms with Gasteiger partial charge in [-0.25, -0.2) is 0 Å². The molecular weight excluding hydrogens is 821 g/mol. The molecule has 0 aliphatic carbocycles. The number of anilines is 6. The number of benzene rings is 12. The summed E-state index contributed by atoms with van der Waals surface area (Å²) >= 11 is 0. The zero-order valence-electron chi connectivity index (χ0n) is 37.5. The molecule has 0 amide bonds. The summed E-state index contributed by atoms with van der Waals surface area (Å²) in [6, 6.07) is 101. The SMILES string of the molecule is c1ccc(-c2c3ccccc3c(-c3ccc(N(c4ccccc4)c4ccc(N(c5ccccc5)c5ccc(-c6ccc(-c7cccc8ccccc78)cc6)cc5)cc4)cc3)c3ccccc23)cc1. The van der Waals surface area contributed by atoms with Crippen LogP contribution >= 0.6 is 0 Å². The van der Waals surface area contributed by atoms with Gasteiger partial charge >= 0.3 is 0 Å². The van der Waals surface area contributed by atoms with Crippen LogP contribution in [-0.4, -0.2) is 0 Å². The van der Waals surface area contributed by atoms with Crippen LogP contribution in [0.4, 0.5) is 34.1 Å². The van der Waals surface area contributed by atoms with E-state index in [0.717, 1.165) is 34.1 Å². The molecule has 68 heavy (non-hydrogen) atoms. The smallest absolute Gasteiger partial charge is 0.0463 e. The maximum absolute atomic E-state index is 2.34. The maximum atomic E-state index is 2.34. The molecule has 0 heterocycles. The van der Waals surface area contributed by atoms with E-state index < -0.39 is 0 Å². The molecule has 0 spiro atoms. The standard InChI is InChI=1S/C66H46N2/c1-4-18-51(19-5-1)65-61-26-12-14-28-63(61)66(64-29-15-13-27-62(64)65)52-37-41-56(42-38-52)68(54-23-8-3-9-24-54)58-45-43-57(44-46-58)67(53-21-6-2-7-22-53)55-39-35-48(36-40-55)47-31-33-50(34-32-47)60-30-16-20-49-17-10-11-25-59(49)60/h1-46H. The second-order valence-corrected chi connectivity index (χ2v) is 17.3. The number of rotatable bonds is 10. The van der Waals surface area contributed by atoms with Crippen LogP contribution in [0.2, 0.25) is 0 Å². The minimum atomic E-state index is 1.08. The van der Waals surface area contributed by atoms with Crippen LogP contribution in [-0.2, 0) is 0 Å². The summed E-state index contributed by atoms with van der Waals surface area (Å²) in [5, 5.41) is 7.53. The van der Waals surface area contributed by atoms with Gasteiger partial charge in [-0.1, -0.05) is 206 Å². The molecule has 0 saturated carbocycles. The second kappa shape index (κ2) is 17.8. The molecule has 320 valence electrons. The highest BCUT2D eigenvalue weighted by Gasteiger charge is 2.19. The van der Waals surface area contributed by atoms with Crippen molar-refractivity contribution in [1.82, 2.24) is 0 Å². The fourth-order valence-corrected chi connectivity index (χ4v) is 10.1. The molecule has 12 aromatic rings. The molecule has 2 nitrogen and oxygen atoms in total. The Balaban J connectivity index is 0.875. The van der Waals surface area contributed by atoms with Crippen molar-refractivity contribution >= 4 is 66.4 Å². The van der Waals surface area contributed by atoms with Gasteiger partial charge in [-0.15, -0.1) is 0 Å². The Hall–Kier alpha value is -8.98. The van der Waals surface area contributed by atoms with Crippen LogP contribution in [0.1, 0.15) is 0 Å². The number of hydrogen-bond donors (Lipinski definition) is 0. The van der Waals surface area contributed by atoms with Crippen molar-refractivity contribution in [3.05, 3.63) is 279 Å². The van der Waals surface area contributed by atoms with Gasteiger partial charge in [0.15, 0.2) is 0 Å². The molecule has 12 aromatic carbocycles. The number of hydrogen-bond acceptors (Lipinski definition) is 2.